The van der Waals surface area contributed by atoms with Gasteiger partial charge in [0, 0.05) is 19.6 Å². The summed E-state index contributed by atoms with van der Waals surface area (Å²) in [5.74, 6) is 0.105. The average molecular weight is 253 g/mol. The molecule has 5 heteroatoms. The summed E-state index contributed by atoms with van der Waals surface area (Å²) in [7, 11) is 2.06. The zero-order valence-electron chi connectivity index (χ0n) is 11.8. The van der Waals surface area contributed by atoms with Crippen LogP contribution in [0.25, 0.3) is 0 Å². The van der Waals surface area contributed by atoms with Gasteiger partial charge >= 0.3 is 5.97 Å². The quantitative estimate of drug-likeness (QED) is 0.756. The molecule has 1 aromatic rings. The molecule has 0 radical (unpaired) electrons. The van der Waals surface area contributed by atoms with Gasteiger partial charge in [0.1, 0.15) is 0 Å². The van der Waals surface area contributed by atoms with E-state index in [9.17, 15) is 4.79 Å². The normalized spacial score (nSPS) is 14.4. The Labute approximate surface area is 109 Å². The van der Waals surface area contributed by atoms with Crippen LogP contribution < -0.4 is 0 Å². The molecule has 0 spiro atoms. The summed E-state index contributed by atoms with van der Waals surface area (Å²) in [5, 5.41) is 0. The highest BCUT2D eigenvalue weighted by molar-refractivity contribution is 5.85. The second kappa shape index (κ2) is 7.16. The molecule has 0 fully saturated rings. The Kier molecular flexibility index (Phi) is 5.85. The second-order valence-corrected chi connectivity index (χ2v) is 4.39. The van der Waals surface area contributed by atoms with E-state index < -0.39 is 0 Å². The van der Waals surface area contributed by atoms with Gasteiger partial charge in [0.25, 0.3) is 0 Å². The minimum absolute atomic E-state index is 0.326. The van der Waals surface area contributed by atoms with Crippen molar-refractivity contribution in [1.82, 2.24) is 14.5 Å². The third-order valence-electron chi connectivity index (χ3n) is 2.53. The molecule has 5 nitrogen and oxygen atoms in total. The van der Waals surface area contributed by atoms with Crippen LogP contribution in [0, 0.1) is 0 Å². The number of ether oxygens (including phenoxy) is 1. The van der Waals surface area contributed by atoms with Crippen molar-refractivity contribution < 1.29 is 9.53 Å². The van der Waals surface area contributed by atoms with E-state index in [0.29, 0.717) is 12.4 Å². The Bertz CT molecular complexity index is 388. The molecule has 0 aromatic carbocycles. The van der Waals surface area contributed by atoms with E-state index in [-0.39, 0.29) is 5.97 Å². The Hall–Kier alpha value is -1.36. The third-order valence-corrected chi connectivity index (χ3v) is 2.53. The van der Waals surface area contributed by atoms with Crippen LogP contribution in [-0.2, 0) is 17.8 Å². The van der Waals surface area contributed by atoms with Crippen LogP contribution in [0.1, 0.15) is 43.5 Å². The Morgan fingerprint density at radius 3 is 2.67 bits per heavy atom. The van der Waals surface area contributed by atoms with Crippen molar-refractivity contribution in [2.45, 2.75) is 40.3 Å². The van der Waals surface area contributed by atoms with Gasteiger partial charge in [-0.05, 0) is 14.0 Å². The number of esters is 1. The van der Waals surface area contributed by atoms with Crippen LogP contribution in [0.5, 0.6) is 0 Å². The van der Waals surface area contributed by atoms with E-state index in [1.165, 1.54) is 6.42 Å². The number of hydrogen-bond acceptors (Lipinski definition) is 4. The molecule has 1 aliphatic rings. The summed E-state index contributed by atoms with van der Waals surface area (Å²) in [6.07, 6.45) is 3.00. The van der Waals surface area contributed by atoms with Gasteiger partial charge in [-0.25, -0.2) is 9.78 Å². The molecule has 2 heterocycles. The lowest BCUT2D eigenvalue weighted by Crippen LogP contribution is -2.31. The number of rotatable bonds is 2. The smallest absolute Gasteiger partial charge is 0.374 e. The van der Waals surface area contributed by atoms with Crippen LogP contribution in [0.3, 0.4) is 0 Å². The van der Waals surface area contributed by atoms with Gasteiger partial charge in [-0.3, -0.25) is 4.90 Å². The first-order chi connectivity index (χ1) is 8.63. The maximum atomic E-state index is 11.5. The van der Waals surface area contributed by atoms with E-state index in [4.69, 9.17) is 4.74 Å². The maximum Gasteiger partial charge on any atom is 0.374 e. The van der Waals surface area contributed by atoms with Gasteiger partial charge in [0.2, 0.25) is 5.82 Å². The van der Waals surface area contributed by atoms with E-state index in [2.05, 4.69) is 30.8 Å². The van der Waals surface area contributed by atoms with Gasteiger partial charge < -0.3 is 9.30 Å². The summed E-state index contributed by atoms with van der Waals surface area (Å²) < 4.78 is 6.89. The molecule has 0 saturated heterocycles. The number of hydrogen-bond donors (Lipinski definition) is 0. The molecule has 1 aromatic heterocycles. The number of fused-ring (bicyclic) bond motifs is 1. The van der Waals surface area contributed by atoms with Crippen LogP contribution in [0.4, 0.5) is 0 Å². The van der Waals surface area contributed by atoms with E-state index in [0.717, 1.165) is 25.3 Å². The van der Waals surface area contributed by atoms with Gasteiger partial charge in [0.15, 0.2) is 0 Å². The number of imidazole rings is 1. The molecule has 0 amide bonds. The molecule has 2 rings (SSSR count). The monoisotopic (exact) mass is 253 g/mol. The zero-order valence-corrected chi connectivity index (χ0v) is 11.8. The summed E-state index contributed by atoms with van der Waals surface area (Å²) in [5.41, 5.74) is 1.08. The van der Waals surface area contributed by atoms with Gasteiger partial charge in [-0.1, -0.05) is 20.3 Å². The highest BCUT2D eigenvalue weighted by Crippen LogP contribution is 2.13. The molecular formula is C13H23N3O2. The number of aromatic nitrogens is 2. The lowest BCUT2D eigenvalue weighted by atomic mass is 10.3. The Balaban J connectivity index is 0.000000492. The molecule has 0 unspecified atom stereocenters. The summed E-state index contributed by atoms with van der Waals surface area (Å²) in [6.45, 7) is 9.02. The van der Waals surface area contributed by atoms with Crippen LogP contribution in [-0.4, -0.2) is 40.6 Å². The lowest BCUT2D eigenvalue weighted by Gasteiger charge is -2.24. The Morgan fingerprint density at radius 1 is 1.39 bits per heavy atom. The van der Waals surface area contributed by atoms with Crippen LogP contribution >= 0.6 is 0 Å². The molecule has 0 atom stereocenters. The lowest BCUT2D eigenvalue weighted by molar-refractivity contribution is 0.0503. The first-order valence-electron chi connectivity index (χ1n) is 6.54. The minimum Gasteiger partial charge on any atom is -0.460 e. The van der Waals surface area contributed by atoms with E-state index in [1.807, 2.05) is 4.57 Å². The molecule has 0 bridgehead atoms. The van der Waals surface area contributed by atoms with Crippen molar-refractivity contribution in [2.24, 2.45) is 0 Å². The summed E-state index contributed by atoms with van der Waals surface area (Å²) in [6, 6.07) is 0. The number of carbonyl (C=O) groups is 1. The maximum absolute atomic E-state index is 11.5. The molecule has 0 N–H and O–H groups in total. The Morgan fingerprint density at radius 2 is 2.06 bits per heavy atom. The highest BCUT2D eigenvalue weighted by Gasteiger charge is 2.21. The number of carbonyl (C=O) groups excluding carboxylic acids is 1. The van der Waals surface area contributed by atoms with Gasteiger partial charge in [-0.2, -0.15) is 0 Å². The fourth-order valence-corrected chi connectivity index (χ4v) is 1.77. The summed E-state index contributed by atoms with van der Waals surface area (Å²) in [4.78, 5) is 17.9. The minimum atomic E-state index is -0.326. The third kappa shape index (κ3) is 3.57. The fraction of sp³-hybridized carbons (Fsp3) is 0.692. The van der Waals surface area contributed by atoms with E-state index >= 15 is 0 Å². The highest BCUT2D eigenvalue weighted by atomic mass is 16.5. The zero-order chi connectivity index (χ0) is 13.5. The van der Waals surface area contributed by atoms with Crippen molar-refractivity contribution in [3.8, 4) is 0 Å². The van der Waals surface area contributed by atoms with Crippen molar-refractivity contribution in [2.75, 3.05) is 20.2 Å². The van der Waals surface area contributed by atoms with Crippen molar-refractivity contribution in [1.29, 1.82) is 0 Å². The average Bonchev–Trinajstić information content (AvgIpc) is 2.73. The second-order valence-electron chi connectivity index (χ2n) is 4.39. The SMILES string of the molecule is CCC.CCOC(=O)c1ncc2n1CCN(C)C2. The topological polar surface area (TPSA) is 47.4 Å². The first-order valence-corrected chi connectivity index (χ1v) is 6.54. The predicted molar refractivity (Wildman–Crippen MR) is 70.5 cm³/mol. The largest absolute Gasteiger partial charge is 0.460 e. The number of likely N-dealkylation sites (N-methyl/N-ethyl adjacent to an activating group) is 1. The van der Waals surface area contributed by atoms with Gasteiger partial charge in [-0.15, -0.1) is 0 Å². The standard InChI is InChI=1S/C10H15N3O2.C3H8/c1-3-15-10(14)9-11-6-8-7-12(2)4-5-13(8)9;1-3-2/h6H,3-5,7H2,1-2H3;3H2,1-2H3. The predicted octanol–water partition coefficient (Wildman–Crippen LogP) is 1.92. The van der Waals surface area contributed by atoms with E-state index in [1.54, 1.807) is 13.1 Å². The summed E-state index contributed by atoms with van der Waals surface area (Å²) >= 11 is 0. The van der Waals surface area contributed by atoms with Crippen molar-refractivity contribution >= 4 is 5.97 Å². The molecular weight excluding hydrogens is 230 g/mol. The first kappa shape index (κ1) is 14.7. The van der Waals surface area contributed by atoms with Crippen LogP contribution in [0.15, 0.2) is 6.20 Å². The van der Waals surface area contributed by atoms with Crippen molar-refractivity contribution in [3.63, 3.8) is 0 Å². The van der Waals surface area contributed by atoms with Crippen LogP contribution in [0.2, 0.25) is 0 Å². The molecule has 0 saturated carbocycles. The molecule has 0 aliphatic carbocycles. The van der Waals surface area contributed by atoms with Crippen molar-refractivity contribution in [3.05, 3.63) is 17.7 Å². The fourth-order valence-electron chi connectivity index (χ4n) is 1.77. The van der Waals surface area contributed by atoms with Gasteiger partial charge in [0.05, 0.1) is 18.5 Å². The molecule has 1 aliphatic heterocycles. The molecule has 18 heavy (non-hydrogen) atoms. The number of nitrogens with zero attached hydrogens (tertiary/aromatic N) is 3. The molecule has 102 valence electrons.